The zero-order valence-electron chi connectivity index (χ0n) is 14.8. The van der Waals surface area contributed by atoms with Crippen LogP contribution in [0.1, 0.15) is 18.9 Å². The number of nitrogens with one attached hydrogen (secondary N) is 2. The SMILES string of the molecule is CC(=O)Nc1cc(NC(=O)CCc2cnn(-c3ccccc3)c2)ccc1Cl. The second kappa shape index (κ2) is 8.51. The fraction of sp³-hybridized carbons (Fsp3) is 0.150. The van der Waals surface area contributed by atoms with Gasteiger partial charge in [-0.2, -0.15) is 5.10 Å². The van der Waals surface area contributed by atoms with Crippen LogP contribution in [-0.2, 0) is 16.0 Å². The number of para-hydroxylation sites is 1. The van der Waals surface area contributed by atoms with Crippen molar-refractivity contribution in [2.45, 2.75) is 19.8 Å². The van der Waals surface area contributed by atoms with Crippen LogP contribution in [0.25, 0.3) is 5.69 Å². The van der Waals surface area contributed by atoms with Gasteiger partial charge in [-0.3, -0.25) is 9.59 Å². The Kier molecular flexibility index (Phi) is 5.88. The van der Waals surface area contributed by atoms with Gasteiger partial charge in [-0.25, -0.2) is 4.68 Å². The van der Waals surface area contributed by atoms with Crippen molar-refractivity contribution in [2.75, 3.05) is 10.6 Å². The predicted octanol–water partition coefficient (Wildman–Crippen LogP) is 4.06. The first-order valence-electron chi connectivity index (χ1n) is 8.47. The number of nitrogens with zero attached hydrogens (tertiary/aromatic N) is 2. The summed E-state index contributed by atoms with van der Waals surface area (Å²) in [6.07, 6.45) is 4.57. The number of hydrogen-bond donors (Lipinski definition) is 2. The van der Waals surface area contributed by atoms with Gasteiger partial charge >= 0.3 is 0 Å². The third-order valence-corrected chi connectivity index (χ3v) is 4.19. The van der Waals surface area contributed by atoms with Gasteiger partial charge in [-0.15, -0.1) is 0 Å². The van der Waals surface area contributed by atoms with Gasteiger partial charge in [0, 0.05) is 25.2 Å². The number of rotatable bonds is 6. The van der Waals surface area contributed by atoms with Crippen molar-refractivity contribution >= 4 is 34.8 Å². The molecule has 27 heavy (non-hydrogen) atoms. The molecular weight excluding hydrogens is 364 g/mol. The van der Waals surface area contributed by atoms with Crippen molar-refractivity contribution in [2.24, 2.45) is 0 Å². The van der Waals surface area contributed by atoms with E-state index in [1.807, 2.05) is 36.5 Å². The summed E-state index contributed by atoms with van der Waals surface area (Å²) in [5.74, 6) is -0.352. The molecule has 3 rings (SSSR count). The number of aryl methyl sites for hydroxylation is 1. The van der Waals surface area contributed by atoms with E-state index in [4.69, 9.17) is 11.6 Å². The molecule has 0 spiro atoms. The maximum absolute atomic E-state index is 12.2. The zero-order valence-corrected chi connectivity index (χ0v) is 15.5. The summed E-state index contributed by atoms with van der Waals surface area (Å²) >= 11 is 6.03. The summed E-state index contributed by atoms with van der Waals surface area (Å²) in [4.78, 5) is 23.4. The standard InChI is InChI=1S/C20H19ClN4O2/c1-14(26)23-19-11-16(8-9-18(19)21)24-20(27)10-7-15-12-22-25(13-15)17-5-3-2-4-6-17/h2-6,8-9,11-13H,7,10H2,1H3,(H,23,26)(H,24,27). The molecule has 0 saturated heterocycles. The van der Waals surface area contributed by atoms with Crippen molar-refractivity contribution in [3.8, 4) is 5.69 Å². The highest BCUT2D eigenvalue weighted by Crippen LogP contribution is 2.25. The third-order valence-electron chi connectivity index (χ3n) is 3.86. The molecule has 0 unspecified atom stereocenters. The van der Waals surface area contributed by atoms with Crippen LogP contribution in [0.5, 0.6) is 0 Å². The molecule has 2 N–H and O–H groups in total. The van der Waals surface area contributed by atoms with Crippen molar-refractivity contribution in [1.82, 2.24) is 9.78 Å². The van der Waals surface area contributed by atoms with Gasteiger partial charge in [0.1, 0.15) is 0 Å². The summed E-state index contributed by atoms with van der Waals surface area (Å²) in [6.45, 7) is 1.40. The van der Waals surface area contributed by atoms with E-state index in [-0.39, 0.29) is 11.8 Å². The van der Waals surface area contributed by atoms with Crippen molar-refractivity contribution < 1.29 is 9.59 Å². The molecule has 0 saturated carbocycles. The van der Waals surface area contributed by atoms with E-state index < -0.39 is 0 Å². The summed E-state index contributed by atoms with van der Waals surface area (Å²) < 4.78 is 1.78. The molecule has 0 aliphatic carbocycles. The maximum Gasteiger partial charge on any atom is 0.224 e. The van der Waals surface area contributed by atoms with Gasteiger partial charge in [-0.1, -0.05) is 29.8 Å². The average Bonchev–Trinajstić information content (AvgIpc) is 3.12. The number of benzene rings is 2. The Morgan fingerprint density at radius 1 is 1.11 bits per heavy atom. The average molecular weight is 383 g/mol. The predicted molar refractivity (Wildman–Crippen MR) is 106 cm³/mol. The van der Waals surface area contributed by atoms with Crippen LogP contribution in [-0.4, -0.2) is 21.6 Å². The van der Waals surface area contributed by atoms with Crippen LogP contribution in [0.15, 0.2) is 60.9 Å². The van der Waals surface area contributed by atoms with Crippen LogP contribution >= 0.6 is 11.6 Å². The van der Waals surface area contributed by atoms with E-state index in [9.17, 15) is 9.59 Å². The van der Waals surface area contributed by atoms with E-state index >= 15 is 0 Å². The van der Waals surface area contributed by atoms with E-state index in [2.05, 4.69) is 15.7 Å². The Hall–Kier alpha value is -3.12. The number of aromatic nitrogens is 2. The van der Waals surface area contributed by atoms with Crippen LogP contribution in [0.4, 0.5) is 11.4 Å². The van der Waals surface area contributed by atoms with Crippen molar-refractivity contribution in [3.05, 3.63) is 71.5 Å². The van der Waals surface area contributed by atoms with Gasteiger partial charge in [0.25, 0.3) is 0 Å². The largest absolute Gasteiger partial charge is 0.326 e. The quantitative estimate of drug-likeness (QED) is 0.675. The molecule has 7 heteroatoms. The lowest BCUT2D eigenvalue weighted by Gasteiger charge is -2.09. The van der Waals surface area contributed by atoms with Gasteiger partial charge < -0.3 is 10.6 Å². The lowest BCUT2D eigenvalue weighted by atomic mass is 10.2. The molecular formula is C20H19ClN4O2. The summed E-state index contributed by atoms with van der Waals surface area (Å²) in [5, 5.41) is 10.2. The molecule has 1 heterocycles. The van der Waals surface area contributed by atoms with E-state index in [0.717, 1.165) is 11.3 Å². The number of amides is 2. The first-order valence-corrected chi connectivity index (χ1v) is 8.85. The van der Waals surface area contributed by atoms with Crippen LogP contribution < -0.4 is 10.6 Å². The van der Waals surface area contributed by atoms with Gasteiger partial charge in [-0.05, 0) is 42.3 Å². The fourth-order valence-corrected chi connectivity index (χ4v) is 2.75. The minimum Gasteiger partial charge on any atom is -0.326 e. The summed E-state index contributed by atoms with van der Waals surface area (Å²) in [7, 11) is 0. The second-order valence-corrected chi connectivity index (χ2v) is 6.46. The smallest absolute Gasteiger partial charge is 0.224 e. The minimum absolute atomic E-state index is 0.126. The number of hydrogen-bond acceptors (Lipinski definition) is 3. The highest BCUT2D eigenvalue weighted by Gasteiger charge is 2.08. The molecule has 2 amide bonds. The Labute approximate surface area is 162 Å². The first kappa shape index (κ1) is 18.7. The number of anilines is 2. The molecule has 0 fully saturated rings. The molecule has 3 aromatic rings. The van der Waals surface area contributed by atoms with Crippen LogP contribution in [0.2, 0.25) is 5.02 Å². The van der Waals surface area contributed by atoms with Crippen LogP contribution in [0, 0.1) is 0 Å². The Morgan fingerprint density at radius 3 is 2.63 bits per heavy atom. The summed E-state index contributed by atoms with van der Waals surface area (Å²) in [5.41, 5.74) is 2.99. The molecule has 2 aromatic carbocycles. The van der Waals surface area contributed by atoms with Crippen molar-refractivity contribution in [1.29, 1.82) is 0 Å². The Morgan fingerprint density at radius 2 is 1.89 bits per heavy atom. The van der Waals surface area contributed by atoms with E-state index in [1.165, 1.54) is 6.92 Å². The topological polar surface area (TPSA) is 76.0 Å². The normalized spacial score (nSPS) is 10.4. The molecule has 0 aliphatic rings. The Bertz CT molecular complexity index is 954. The van der Waals surface area contributed by atoms with Gasteiger partial charge in [0.2, 0.25) is 11.8 Å². The second-order valence-electron chi connectivity index (χ2n) is 6.05. The van der Waals surface area contributed by atoms with Crippen molar-refractivity contribution in [3.63, 3.8) is 0 Å². The lowest BCUT2D eigenvalue weighted by molar-refractivity contribution is -0.116. The minimum atomic E-state index is -0.226. The molecule has 1 aromatic heterocycles. The maximum atomic E-state index is 12.2. The lowest BCUT2D eigenvalue weighted by Crippen LogP contribution is -2.13. The van der Waals surface area contributed by atoms with Gasteiger partial charge in [0.05, 0.1) is 22.6 Å². The fourth-order valence-electron chi connectivity index (χ4n) is 2.58. The molecule has 0 atom stereocenters. The highest BCUT2D eigenvalue weighted by molar-refractivity contribution is 6.33. The number of halogens is 1. The molecule has 0 aliphatic heterocycles. The first-order chi connectivity index (χ1) is 13.0. The molecule has 0 bridgehead atoms. The third kappa shape index (κ3) is 5.18. The number of carbonyl (C=O) groups is 2. The molecule has 6 nitrogen and oxygen atoms in total. The Balaban J connectivity index is 1.57. The van der Waals surface area contributed by atoms with Gasteiger partial charge in [0.15, 0.2) is 0 Å². The molecule has 0 radical (unpaired) electrons. The zero-order chi connectivity index (χ0) is 19.2. The number of carbonyl (C=O) groups excluding carboxylic acids is 2. The summed E-state index contributed by atoms with van der Waals surface area (Å²) in [6, 6.07) is 14.7. The highest BCUT2D eigenvalue weighted by atomic mass is 35.5. The molecule has 138 valence electrons. The van der Waals surface area contributed by atoms with Crippen LogP contribution in [0.3, 0.4) is 0 Å². The van der Waals surface area contributed by atoms with E-state index in [0.29, 0.717) is 29.2 Å². The monoisotopic (exact) mass is 382 g/mol. The van der Waals surface area contributed by atoms with E-state index in [1.54, 1.807) is 29.1 Å².